The highest BCUT2D eigenvalue weighted by atomic mass is 16.5. The van der Waals surface area contributed by atoms with E-state index in [0.717, 1.165) is 50.2 Å². The number of hydrogen-bond donors (Lipinski definition) is 0. The number of carbonyl (C=O) groups is 1. The summed E-state index contributed by atoms with van der Waals surface area (Å²) in [5, 5.41) is 4.05. The van der Waals surface area contributed by atoms with Gasteiger partial charge in [0, 0.05) is 37.0 Å². The van der Waals surface area contributed by atoms with Crippen LogP contribution in [0.4, 0.5) is 0 Å². The van der Waals surface area contributed by atoms with Crippen molar-refractivity contribution in [2.75, 3.05) is 13.1 Å². The molecule has 2 aliphatic rings. The van der Waals surface area contributed by atoms with Crippen molar-refractivity contribution in [1.82, 2.24) is 29.6 Å². The number of pyridine rings is 1. The van der Waals surface area contributed by atoms with E-state index >= 15 is 0 Å². The predicted molar refractivity (Wildman–Crippen MR) is 91.8 cm³/mol. The molecule has 3 aromatic heterocycles. The number of hydrogen-bond acceptors (Lipinski definition) is 6. The summed E-state index contributed by atoms with van der Waals surface area (Å²) < 4.78 is 7.12. The van der Waals surface area contributed by atoms with Gasteiger partial charge in [-0.3, -0.25) is 9.36 Å². The molecule has 1 amide bonds. The quantitative estimate of drug-likeness (QED) is 0.718. The summed E-state index contributed by atoms with van der Waals surface area (Å²) in [4.78, 5) is 27.4. The molecule has 3 aromatic rings. The second-order valence-electron chi connectivity index (χ2n) is 6.80. The molecular weight excluding hydrogens is 332 g/mol. The second-order valence-corrected chi connectivity index (χ2v) is 6.80. The molecule has 1 saturated heterocycles. The van der Waals surface area contributed by atoms with E-state index in [0.29, 0.717) is 23.3 Å². The molecule has 2 fully saturated rings. The van der Waals surface area contributed by atoms with E-state index in [2.05, 4.69) is 20.1 Å². The Labute approximate surface area is 149 Å². The number of imidazole rings is 1. The van der Waals surface area contributed by atoms with Gasteiger partial charge in [0.15, 0.2) is 5.82 Å². The predicted octanol–water partition coefficient (Wildman–Crippen LogP) is 2.43. The largest absolute Gasteiger partial charge is 0.337 e. The maximum Gasteiger partial charge on any atom is 0.274 e. The van der Waals surface area contributed by atoms with Crippen LogP contribution in [0.25, 0.3) is 17.3 Å². The number of likely N-dealkylation sites (tertiary alicyclic amines) is 1. The van der Waals surface area contributed by atoms with Gasteiger partial charge >= 0.3 is 0 Å². The first kappa shape index (κ1) is 15.2. The zero-order valence-electron chi connectivity index (χ0n) is 14.2. The summed E-state index contributed by atoms with van der Waals surface area (Å²) in [7, 11) is 0. The minimum Gasteiger partial charge on any atom is -0.337 e. The van der Waals surface area contributed by atoms with Crippen LogP contribution >= 0.6 is 0 Å². The van der Waals surface area contributed by atoms with E-state index in [9.17, 15) is 4.79 Å². The maximum atomic E-state index is 12.4. The third-order valence-corrected chi connectivity index (χ3v) is 4.84. The molecule has 1 saturated carbocycles. The van der Waals surface area contributed by atoms with Crippen molar-refractivity contribution in [2.24, 2.45) is 0 Å². The molecule has 8 nitrogen and oxygen atoms in total. The highest BCUT2D eigenvalue weighted by Crippen LogP contribution is 2.38. The van der Waals surface area contributed by atoms with Crippen LogP contribution in [0.3, 0.4) is 0 Å². The second kappa shape index (κ2) is 6.05. The minimum atomic E-state index is -0.0246. The molecule has 0 radical (unpaired) electrons. The number of rotatable bonds is 4. The minimum absolute atomic E-state index is 0.0246. The standard InChI is InChI=1S/C18H18N6O2/c25-18(23-7-1-2-8-23)14-10-24(11-20-14)15-9-13(5-6-19-15)17-21-16(22-26-17)12-3-4-12/h5-6,9-12H,1-4,7-8H2. The van der Waals surface area contributed by atoms with Crippen molar-refractivity contribution >= 4 is 5.91 Å². The van der Waals surface area contributed by atoms with Crippen LogP contribution in [-0.4, -0.2) is 48.6 Å². The molecule has 5 rings (SSSR count). The van der Waals surface area contributed by atoms with Crippen LogP contribution < -0.4 is 0 Å². The average Bonchev–Trinajstić information content (AvgIpc) is 3.16. The Hall–Kier alpha value is -3.03. The van der Waals surface area contributed by atoms with Crippen LogP contribution in [0.2, 0.25) is 0 Å². The van der Waals surface area contributed by atoms with Crippen LogP contribution in [0.1, 0.15) is 47.9 Å². The van der Waals surface area contributed by atoms with E-state index in [1.807, 2.05) is 17.0 Å². The fraction of sp³-hybridized carbons (Fsp3) is 0.389. The van der Waals surface area contributed by atoms with Crippen LogP contribution in [0, 0.1) is 0 Å². The molecule has 26 heavy (non-hydrogen) atoms. The van der Waals surface area contributed by atoms with E-state index < -0.39 is 0 Å². The van der Waals surface area contributed by atoms with Crippen LogP contribution in [-0.2, 0) is 0 Å². The molecule has 0 unspecified atom stereocenters. The van der Waals surface area contributed by atoms with E-state index in [-0.39, 0.29) is 5.91 Å². The zero-order valence-corrected chi connectivity index (χ0v) is 14.2. The van der Waals surface area contributed by atoms with Gasteiger partial charge in [0.2, 0.25) is 0 Å². The van der Waals surface area contributed by atoms with E-state index in [1.165, 1.54) is 0 Å². The Morgan fingerprint density at radius 3 is 2.85 bits per heavy atom. The van der Waals surface area contributed by atoms with Gasteiger partial charge in [0.05, 0.1) is 0 Å². The molecule has 1 aliphatic carbocycles. The summed E-state index contributed by atoms with van der Waals surface area (Å²) >= 11 is 0. The van der Waals surface area contributed by atoms with Crippen molar-refractivity contribution < 1.29 is 9.32 Å². The van der Waals surface area contributed by atoms with Gasteiger partial charge in [0.25, 0.3) is 11.8 Å². The normalized spacial score (nSPS) is 17.0. The van der Waals surface area contributed by atoms with Gasteiger partial charge < -0.3 is 9.42 Å². The van der Waals surface area contributed by atoms with Crippen molar-refractivity contribution in [3.05, 3.63) is 42.4 Å². The van der Waals surface area contributed by atoms with Gasteiger partial charge in [-0.05, 0) is 37.8 Å². The molecule has 1 aliphatic heterocycles. The van der Waals surface area contributed by atoms with E-state index in [4.69, 9.17) is 4.52 Å². The SMILES string of the molecule is O=C(c1cn(-c2cc(-c3nc(C4CC4)no3)ccn2)cn1)N1CCCC1. The lowest BCUT2D eigenvalue weighted by Gasteiger charge is -2.12. The first-order chi connectivity index (χ1) is 12.8. The fourth-order valence-corrected chi connectivity index (χ4v) is 3.19. The fourth-order valence-electron chi connectivity index (χ4n) is 3.19. The lowest BCUT2D eigenvalue weighted by Crippen LogP contribution is -2.27. The van der Waals surface area contributed by atoms with Gasteiger partial charge in [-0.1, -0.05) is 5.16 Å². The van der Waals surface area contributed by atoms with Crippen molar-refractivity contribution in [3.8, 4) is 17.3 Å². The van der Waals surface area contributed by atoms with Crippen molar-refractivity contribution in [1.29, 1.82) is 0 Å². The highest BCUT2D eigenvalue weighted by Gasteiger charge is 2.29. The summed E-state index contributed by atoms with van der Waals surface area (Å²) in [5.74, 6) is 2.34. The van der Waals surface area contributed by atoms with Crippen LogP contribution in [0.5, 0.6) is 0 Å². The Kier molecular flexibility index (Phi) is 3.55. The summed E-state index contributed by atoms with van der Waals surface area (Å²) in [6, 6.07) is 3.69. The lowest BCUT2D eigenvalue weighted by molar-refractivity contribution is 0.0787. The van der Waals surface area contributed by atoms with Gasteiger partial charge in [-0.25, -0.2) is 9.97 Å². The summed E-state index contributed by atoms with van der Waals surface area (Å²) in [5.41, 5.74) is 1.24. The molecule has 8 heteroatoms. The topological polar surface area (TPSA) is 89.9 Å². The van der Waals surface area contributed by atoms with Gasteiger partial charge in [-0.2, -0.15) is 4.98 Å². The zero-order chi connectivity index (χ0) is 17.5. The monoisotopic (exact) mass is 350 g/mol. The Bertz CT molecular complexity index is 952. The lowest BCUT2D eigenvalue weighted by atomic mass is 10.2. The number of amides is 1. The smallest absolute Gasteiger partial charge is 0.274 e. The number of carbonyl (C=O) groups excluding carboxylic acids is 1. The molecule has 0 atom stereocenters. The maximum absolute atomic E-state index is 12.4. The summed E-state index contributed by atoms with van der Waals surface area (Å²) in [6.45, 7) is 1.61. The van der Waals surface area contributed by atoms with Gasteiger partial charge in [-0.15, -0.1) is 0 Å². The highest BCUT2D eigenvalue weighted by molar-refractivity contribution is 5.92. The van der Waals surface area contributed by atoms with E-state index in [1.54, 1.807) is 23.3 Å². The molecular formula is C18H18N6O2. The first-order valence-corrected chi connectivity index (χ1v) is 8.91. The molecule has 0 spiro atoms. The third kappa shape index (κ3) is 2.77. The average molecular weight is 350 g/mol. The molecule has 0 N–H and O–H groups in total. The third-order valence-electron chi connectivity index (χ3n) is 4.84. The Balaban J connectivity index is 1.40. The van der Waals surface area contributed by atoms with Crippen molar-refractivity contribution in [3.63, 3.8) is 0 Å². The number of nitrogens with zero attached hydrogens (tertiary/aromatic N) is 6. The molecule has 0 aromatic carbocycles. The van der Waals surface area contributed by atoms with Gasteiger partial charge in [0.1, 0.15) is 17.8 Å². The van der Waals surface area contributed by atoms with Crippen LogP contribution in [0.15, 0.2) is 35.4 Å². The first-order valence-electron chi connectivity index (χ1n) is 8.91. The number of aromatic nitrogens is 5. The van der Waals surface area contributed by atoms with Crippen molar-refractivity contribution in [2.45, 2.75) is 31.6 Å². The molecule has 4 heterocycles. The Morgan fingerprint density at radius 1 is 1.19 bits per heavy atom. The molecule has 0 bridgehead atoms. The Morgan fingerprint density at radius 2 is 2.04 bits per heavy atom. The molecule has 132 valence electrons. The summed E-state index contributed by atoms with van der Waals surface area (Å²) in [6.07, 6.45) is 9.39.